The fourth-order valence-electron chi connectivity index (χ4n) is 2.79. The third kappa shape index (κ3) is 5.74. The molecular formula is C22H14Cl3N3O2S2. The summed E-state index contributed by atoms with van der Waals surface area (Å²) in [5.41, 5.74) is 2.44. The summed E-state index contributed by atoms with van der Waals surface area (Å²) < 4.78 is 5.80. The lowest BCUT2D eigenvalue weighted by atomic mass is 10.2. The van der Waals surface area contributed by atoms with E-state index >= 15 is 0 Å². The van der Waals surface area contributed by atoms with E-state index in [9.17, 15) is 4.79 Å². The van der Waals surface area contributed by atoms with Crippen molar-refractivity contribution in [2.75, 3.05) is 11.1 Å². The van der Waals surface area contributed by atoms with Gasteiger partial charge in [0.2, 0.25) is 11.8 Å². The van der Waals surface area contributed by atoms with Gasteiger partial charge in [0, 0.05) is 20.6 Å². The van der Waals surface area contributed by atoms with Crippen LogP contribution in [0.2, 0.25) is 15.1 Å². The molecule has 0 radical (unpaired) electrons. The number of nitrogens with one attached hydrogen (secondary N) is 2. The number of halogens is 3. The number of amides is 1. The van der Waals surface area contributed by atoms with Gasteiger partial charge in [-0.3, -0.25) is 4.79 Å². The predicted octanol–water partition coefficient (Wildman–Crippen LogP) is 7.06. The zero-order chi connectivity index (χ0) is 22.7. The van der Waals surface area contributed by atoms with Crippen LogP contribution in [0.15, 0.2) is 70.0 Å². The fourth-order valence-corrected chi connectivity index (χ4v) is 4.21. The molecule has 4 rings (SSSR count). The van der Waals surface area contributed by atoms with Crippen LogP contribution in [0.3, 0.4) is 0 Å². The molecule has 0 spiro atoms. The third-order valence-corrected chi connectivity index (χ3v) is 6.27. The molecule has 4 aromatic rings. The van der Waals surface area contributed by atoms with Crippen molar-refractivity contribution < 1.29 is 9.21 Å². The van der Waals surface area contributed by atoms with Gasteiger partial charge in [-0.2, -0.15) is 0 Å². The van der Waals surface area contributed by atoms with Gasteiger partial charge in [-0.1, -0.05) is 34.8 Å². The first-order valence-electron chi connectivity index (χ1n) is 9.22. The number of fused-ring (bicyclic) bond motifs is 1. The summed E-state index contributed by atoms with van der Waals surface area (Å²) in [6.07, 6.45) is 0. The maximum absolute atomic E-state index is 12.2. The Hall–Kier alpha value is -2.29. The molecule has 0 aliphatic carbocycles. The summed E-state index contributed by atoms with van der Waals surface area (Å²) in [5.74, 6) is 0.359. The van der Waals surface area contributed by atoms with E-state index in [0.717, 1.165) is 4.90 Å². The van der Waals surface area contributed by atoms with Crippen molar-refractivity contribution in [3.05, 3.63) is 75.7 Å². The van der Waals surface area contributed by atoms with Crippen molar-refractivity contribution >= 4 is 86.6 Å². The first kappa shape index (κ1) is 22.9. The van der Waals surface area contributed by atoms with Crippen LogP contribution in [-0.2, 0) is 4.79 Å². The minimum atomic E-state index is -0.220. The van der Waals surface area contributed by atoms with Gasteiger partial charge in [0.15, 0.2) is 10.7 Å². The number of hydrogen-bond acceptors (Lipinski definition) is 5. The fraction of sp³-hybridized carbons (Fsp3) is 0.0455. The Bertz CT molecular complexity index is 1310. The molecule has 3 aromatic carbocycles. The average molecular weight is 523 g/mol. The summed E-state index contributed by atoms with van der Waals surface area (Å²) in [7, 11) is 0. The molecule has 162 valence electrons. The van der Waals surface area contributed by atoms with Crippen molar-refractivity contribution in [2.24, 2.45) is 0 Å². The van der Waals surface area contributed by atoms with Gasteiger partial charge in [0.05, 0.1) is 16.3 Å². The maximum Gasteiger partial charge on any atom is 0.236 e. The monoisotopic (exact) mass is 521 g/mol. The second kappa shape index (κ2) is 10.1. The molecule has 0 saturated carbocycles. The zero-order valence-electron chi connectivity index (χ0n) is 16.2. The number of carbonyl (C=O) groups is 1. The Kier molecular flexibility index (Phi) is 7.23. The maximum atomic E-state index is 12.2. The summed E-state index contributed by atoms with van der Waals surface area (Å²) in [6, 6.07) is 17.6. The van der Waals surface area contributed by atoms with Crippen molar-refractivity contribution in [3.63, 3.8) is 0 Å². The van der Waals surface area contributed by atoms with E-state index in [-0.39, 0.29) is 16.8 Å². The van der Waals surface area contributed by atoms with Gasteiger partial charge < -0.3 is 15.1 Å². The van der Waals surface area contributed by atoms with E-state index in [1.54, 1.807) is 48.5 Å². The number of carbonyl (C=O) groups excluding carboxylic acids is 1. The Morgan fingerprint density at radius 3 is 2.53 bits per heavy atom. The van der Waals surface area contributed by atoms with E-state index in [2.05, 4.69) is 15.6 Å². The molecular weight excluding hydrogens is 509 g/mol. The number of anilines is 1. The standard InChI is InChI=1S/C22H14Cl3N3O2S2/c23-12-1-5-15(6-2-12)32-11-20(29)28-22(31)26-14-4-8-19-18(10-14)27-21(30-19)16-9-13(24)3-7-17(16)25/h1-10H,11H2,(H2,26,28,29,31). The number of rotatable bonds is 5. The molecule has 0 bridgehead atoms. The van der Waals surface area contributed by atoms with Crippen LogP contribution in [0.1, 0.15) is 0 Å². The van der Waals surface area contributed by atoms with Crippen LogP contribution in [0.25, 0.3) is 22.6 Å². The van der Waals surface area contributed by atoms with E-state index in [0.29, 0.717) is 43.3 Å². The molecule has 0 aliphatic rings. The summed E-state index contributed by atoms with van der Waals surface area (Å²) in [4.78, 5) is 17.6. The van der Waals surface area contributed by atoms with Crippen LogP contribution in [0, 0.1) is 0 Å². The lowest BCUT2D eigenvalue weighted by Gasteiger charge is -2.09. The topological polar surface area (TPSA) is 67.2 Å². The first-order valence-corrected chi connectivity index (χ1v) is 11.8. The summed E-state index contributed by atoms with van der Waals surface area (Å²) >= 11 is 24.8. The second-order valence-electron chi connectivity index (χ2n) is 6.57. The lowest BCUT2D eigenvalue weighted by molar-refractivity contribution is -0.117. The number of thiocarbonyl (C=S) groups is 1. The second-order valence-corrected chi connectivity index (χ2v) is 9.31. The van der Waals surface area contributed by atoms with Crippen molar-refractivity contribution in [2.45, 2.75) is 4.90 Å². The Morgan fingerprint density at radius 1 is 1.00 bits per heavy atom. The predicted molar refractivity (Wildman–Crippen MR) is 136 cm³/mol. The molecule has 1 heterocycles. The SMILES string of the molecule is O=C(CSc1ccc(Cl)cc1)NC(=S)Nc1ccc2oc(-c3cc(Cl)ccc3Cl)nc2c1. The first-order chi connectivity index (χ1) is 15.4. The number of benzene rings is 3. The average Bonchev–Trinajstić information content (AvgIpc) is 3.18. The molecule has 32 heavy (non-hydrogen) atoms. The van der Waals surface area contributed by atoms with Crippen LogP contribution in [0.4, 0.5) is 5.69 Å². The molecule has 2 N–H and O–H groups in total. The van der Waals surface area contributed by atoms with E-state index in [4.69, 9.17) is 51.4 Å². The number of thioether (sulfide) groups is 1. The van der Waals surface area contributed by atoms with Crippen molar-refractivity contribution in [1.29, 1.82) is 0 Å². The van der Waals surface area contributed by atoms with E-state index < -0.39 is 0 Å². The van der Waals surface area contributed by atoms with Crippen LogP contribution in [-0.4, -0.2) is 21.8 Å². The van der Waals surface area contributed by atoms with Crippen LogP contribution >= 0.6 is 58.8 Å². The summed E-state index contributed by atoms with van der Waals surface area (Å²) in [6.45, 7) is 0. The zero-order valence-corrected chi connectivity index (χ0v) is 20.1. The number of oxazole rings is 1. The van der Waals surface area contributed by atoms with Crippen molar-refractivity contribution in [1.82, 2.24) is 10.3 Å². The highest BCUT2D eigenvalue weighted by molar-refractivity contribution is 8.00. The highest BCUT2D eigenvalue weighted by Gasteiger charge is 2.13. The van der Waals surface area contributed by atoms with Crippen LogP contribution < -0.4 is 10.6 Å². The van der Waals surface area contributed by atoms with Crippen LogP contribution in [0.5, 0.6) is 0 Å². The quantitative estimate of drug-likeness (QED) is 0.216. The molecule has 10 heteroatoms. The molecule has 0 saturated heterocycles. The highest BCUT2D eigenvalue weighted by Crippen LogP contribution is 2.32. The van der Waals surface area contributed by atoms with Gasteiger partial charge >= 0.3 is 0 Å². The third-order valence-electron chi connectivity index (χ3n) is 4.24. The van der Waals surface area contributed by atoms with Gasteiger partial charge in [-0.25, -0.2) is 4.98 Å². The minimum absolute atomic E-state index is 0.188. The Labute approximate surface area is 208 Å². The lowest BCUT2D eigenvalue weighted by Crippen LogP contribution is -2.35. The number of nitrogens with zero attached hydrogens (tertiary/aromatic N) is 1. The van der Waals surface area contributed by atoms with Gasteiger partial charge in [0.1, 0.15) is 5.52 Å². The largest absolute Gasteiger partial charge is 0.436 e. The molecule has 0 fully saturated rings. The molecule has 0 unspecified atom stereocenters. The molecule has 1 aromatic heterocycles. The number of hydrogen-bond donors (Lipinski definition) is 2. The van der Waals surface area contributed by atoms with Gasteiger partial charge in [-0.05, 0) is 72.9 Å². The minimum Gasteiger partial charge on any atom is -0.436 e. The van der Waals surface area contributed by atoms with Gasteiger partial charge in [-0.15, -0.1) is 11.8 Å². The van der Waals surface area contributed by atoms with E-state index in [1.807, 2.05) is 12.1 Å². The molecule has 5 nitrogen and oxygen atoms in total. The van der Waals surface area contributed by atoms with Gasteiger partial charge in [0.25, 0.3) is 0 Å². The molecule has 0 atom stereocenters. The van der Waals surface area contributed by atoms with E-state index in [1.165, 1.54) is 11.8 Å². The highest BCUT2D eigenvalue weighted by atomic mass is 35.5. The summed E-state index contributed by atoms with van der Waals surface area (Å²) in [5, 5.41) is 7.50. The Morgan fingerprint density at radius 2 is 1.75 bits per heavy atom. The Balaban J connectivity index is 1.39. The molecule has 0 aliphatic heterocycles. The normalized spacial score (nSPS) is 10.8. The molecule has 1 amide bonds. The van der Waals surface area contributed by atoms with Crippen molar-refractivity contribution in [3.8, 4) is 11.5 Å². The smallest absolute Gasteiger partial charge is 0.236 e. The number of aromatic nitrogens is 1.